The number of hydrogen-bond acceptors (Lipinski definition) is 4. The Hall–Kier alpha value is -2.14. The lowest BCUT2D eigenvalue weighted by atomic mass is 10.2. The summed E-state index contributed by atoms with van der Waals surface area (Å²) in [5.74, 6) is 0.664. The predicted octanol–water partition coefficient (Wildman–Crippen LogP) is 1.82. The van der Waals surface area contributed by atoms with Crippen molar-refractivity contribution in [2.45, 2.75) is 33.0 Å². The lowest BCUT2D eigenvalue weighted by Crippen LogP contribution is -2.26. The van der Waals surface area contributed by atoms with Crippen LogP contribution in [0.15, 0.2) is 47.5 Å². The Morgan fingerprint density at radius 1 is 1.29 bits per heavy atom. The Bertz CT molecular complexity index is 623. The number of ether oxygens (including phenoxy) is 1. The van der Waals surface area contributed by atoms with E-state index < -0.39 is 0 Å². The predicted molar refractivity (Wildman–Crippen MR) is 82.4 cm³/mol. The first-order valence-electron chi connectivity index (χ1n) is 7.13. The van der Waals surface area contributed by atoms with Gasteiger partial charge in [0.15, 0.2) is 0 Å². The molecule has 0 aliphatic carbocycles. The molecule has 0 saturated carbocycles. The summed E-state index contributed by atoms with van der Waals surface area (Å²) in [6.07, 6.45) is 3.62. The van der Waals surface area contributed by atoms with Crippen LogP contribution in [0.2, 0.25) is 0 Å². The number of aromatic nitrogens is 2. The second-order valence-corrected chi connectivity index (χ2v) is 5.04. The molecule has 2 rings (SSSR count). The van der Waals surface area contributed by atoms with Crippen molar-refractivity contribution < 1.29 is 4.74 Å². The van der Waals surface area contributed by atoms with E-state index in [4.69, 9.17) is 4.74 Å². The summed E-state index contributed by atoms with van der Waals surface area (Å²) in [5.41, 5.74) is 1.04. The van der Waals surface area contributed by atoms with Crippen molar-refractivity contribution in [3.63, 3.8) is 0 Å². The molecule has 0 saturated heterocycles. The fourth-order valence-corrected chi connectivity index (χ4v) is 1.96. The summed E-state index contributed by atoms with van der Waals surface area (Å²) >= 11 is 0. The lowest BCUT2D eigenvalue weighted by molar-refractivity contribution is 0.229. The standard InChI is InChI=1S/C16H21N3O2/c1-13(2)21-16-14(6-5-8-18-16)12-17-9-11-19-10-4-3-7-15(19)20/h3-8,10,13,17H,9,11-12H2,1-2H3. The smallest absolute Gasteiger partial charge is 0.250 e. The highest BCUT2D eigenvalue weighted by atomic mass is 16.5. The van der Waals surface area contributed by atoms with Crippen molar-refractivity contribution in [3.8, 4) is 5.88 Å². The van der Waals surface area contributed by atoms with Crippen LogP contribution in [-0.2, 0) is 13.1 Å². The van der Waals surface area contributed by atoms with Crippen LogP contribution in [0.3, 0.4) is 0 Å². The van der Waals surface area contributed by atoms with Gasteiger partial charge in [0.05, 0.1) is 6.10 Å². The summed E-state index contributed by atoms with van der Waals surface area (Å²) in [7, 11) is 0. The molecule has 0 radical (unpaired) electrons. The molecule has 2 heterocycles. The molecule has 0 bridgehead atoms. The largest absolute Gasteiger partial charge is 0.475 e. The van der Waals surface area contributed by atoms with Crippen LogP contribution in [0.1, 0.15) is 19.4 Å². The first-order chi connectivity index (χ1) is 10.2. The van der Waals surface area contributed by atoms with E-state index >= 15 is 0 Å². The summed E-state index contributed by atoms with van der Waals surface area (Å²) in [5, 5.41) is 3.31. The van der Waals surface area contributed by atoms with Crippen LogP contribution >= 0.6 is 0 Å². The minimum absolute atomic E-state index is 0.0181. The Morgan fingerprint density at radius 2 is 2.14 bits per heavy atom. The van der Waals surface area contributed by atoms with Gasteiger partial charge in [-0.1, -0.05) is 12.1 Å². The first kappa shape index (κ1) is 15.3. The maximum absolute atomic E-state index is 11.6. The van der Waals surface area contributed by atoms with Crippen LogP contribution in [-0.4, -0.2) is 22.2 Å². The number of nitrogens with zero attached hydrogens (tertiary/aromatic N) is 2. The molecule has 0 aliphatic rings. The molecular formula is C16H21N3O2. The molecule has 0 aromatic carbocycles. The number of pyridine rings is 2. The quantitative estimate of drug-likeness (QED) is 0.789. The number of hydrogen-bond donors (Lipinski definition) is 1. The maximum atomic E-state index is 11.6. The molecule has 0 unspecified atom stereocenters. The number of rotatable bonds is 7. The summed E-state index contributed by atoms with van der Waals surface area (Å²) in [6, 6.07) is 9.06. The van der Waals surface area contributed by atoms with Crippen LogP contribution in [0.5, 0.6) is 5.88 Å². The first-order valence-corrected chi connectivity index (χ1v) is 7.13. The van der Waals surface area contributed by atoms with E-state index in [1.807, 2.05) is 32.0 Å². The second-order valence-electron chi connectivity index (χ2n) is 5.04. The highest BCUT2D eigenvalue weighted by Gasteiger charge is 2.06. The van der Waals surface area contributed by atoms with E-state index in [2.05, 4.69) is 10.3 Å². The van der Waals surface area contributed by atoms with Crippen LogP contribution in [0.25, 0.3) is 0 Å². The SMILES string of the molecule is CC(C)Oc1ncccc1CNCCn1ccccc1=O. The van der Waals surface area contributed by atoms with Gasteiger partial charge >= 0.3 is 0 Å². The van der Waals surface area contributed by atoms with Gasteiger partial charge in [-0.2, -0.15) is 0 Å². The molecular weight excluding hydrogens is 266 g/mol. The molecule has 0 spiro atoms. The van der Waals surface area contributed by atoms with Gasteiger partial charge in [0.25, 0.3) is 5.56 Å². The fraction of sp³-hybridized carbons (Fsp3) is 0.375. The summed E-state index contributed by atoms with van der Waals surface area (Å²) in [6.45, 7) is 5.97. The molecule has 0 atom stereocenters. The van der Waals surface area contributed by atoms with Crippen molar-refractivity contribution in [1.29, 1.82) is 0 Å². The fourth-order valence-electron chi connectivity index (χ4n) is 1.96. The van der Waals surface area contributed by atoms with E-state index in [-0.39, 0.29) is 11.7 Å². The molecule has 1 N–H and O–H groups in total. The van der Waals surface area contributed by atoms with E-state index in [9.17, 15) is 4.79 Å². The maximum Gasteiger partial charge on any atom is 0.250 e. The zero-order valence-electron chi connectivity index (χ0n) is 12.5. The highest BCUT2D eigenvalue weighted by molar-refractivity contribution is 5.25. The summed E-state index contributed by atoms with van der Waals surface area (Å²) < 4.78 is 7.36. The van der Waals surface area contributed by atoms with Crippen LogP contribution in [0, 0.1) is 0 Å². The molecule has 5 nitrogen and oxygen atoms in total. The minimum atomic E-state index is 0.0181. The van der Waals surface area contributed by atoms with Crippen LogP contribution in [0.4, 0.5) is 0 Å². The third-order valence-corrected chi connectivity index (χ3v) is 2.94. The normalized spacial score (nSPS) is 10.8. The topological polar surface area (TPSA) is 56.1 Å². The van der Waals surface area contributed by atoms with Gasteiger partial charge in [-0.15, -0.1) is 0 Å². The van der Waals surface area contributed by atoms with Crippen LogP contribution < -0.4 is 15.6 Å². The van der Waals surface area contributed by atoms with E-state index in [1.165, 1.54) is 0 Å². The Balaban J connectivity index is 1.86. The lowest BCUT2D eigenvalue weighted by Gasteiger charge is -2.13. The third kappa shape index (κ3) is 4.72. The van der Waals surface area contributed by atoms with E-state index in [0.29, 0.717) is 25.5 Å². The van der Waals surface area contributed by atoms with Gasteiger partial charge in [-0.05, 0) is 26.0 Å². The second kappa shape index (κ2) is 7.59. The van der Waals surface area contributed by atoms with Crippen molar-refractivity contribution >= 4 is 0 Å². The average molecular weight is 287 g/mol. The van der Waals surface area contributed by atoms with Gasteiger partial charge in [-0.25, -0.2) is 4.98 Å². The van der Waals surface area contributed by atoms with Gasteiger partial charge in [0.1, 0.15) is 0 Å². The third-order valence-electron chi connectivity index (χ3n) is 2.94. The van der Waals surface area contributed by atoms with Crippen molar-refractivity contribution in [2.24, 2.45) is 0 Å². The Kier molecular flexibility index (Phi) is 5.51. The monoisotopic (exact) mass is 287 g/mol. The van der Waals surface area contributed by atoms with Gasteiger partial charge < -0.3 is 14.6 Å². The Labute approximate surface area is 124 Å². The zero-order valence-corrected chi connectivity index (χ0v) is 12.5. The van der Waals surface area contributed by atoms with Gasteiger partial charge in [0, 0.05) is 43.7 Å². The molecule has 0 fully saturated rings. The molecule has 21 heavy (non-hydrogen) atoms. The molecule has 5 heteroatoms. The molecule has 112 valence electrons. The molecule has 0 aliphatic heterocycles. The van der Waals surface area contributed by atoms with Gasteiger partial charge in [-0.3, -0.25) is 4.79 Å². The van der Waals surface area contributed by atoms with Gasteiger partial charge in [0.2, 0.25) is 5.88 Å². The molecule has 2 aromatic heterocycles. The van der Waals surface area contributed by atoms with Crippen molar-refractivity contribution in [3.05, 3.63) is 58.6 Å². The Morgan fingerprint density at radius 3 is 2.90 bits per heavy atom. The van der Waals surface area contributed by atoms with E-state index in [1.54, 1.807) is 29.1 Å². The molecule has 0 amide bonds. The average Bonchev–Trinajstić information content (AvgIpc) is 2.46. The minimum Gasteiger partial charge on any atom is -0.475 e. The van der Waals surface area contributed by atoms with E-state index in [0.717, 1.165) is 5.56 Å². The molecule has 2 aromatic rings. The zero-order chi connectivity index (χ0) is 15.1. The number of nitrogens with one attached hydrogen (secondary N) is 1. The van der Waals surface area contributed by atoms with Crippen molar-refractivity contribution in [1.82, 2.24) is 14.9 Å². The highest BCUT2D eigenvalue weighted by Crippen LogP contribution is 2.15. The van der Waals surface area contributed by atoms with Crippen molar-refractivity contribution in [2.75, 3.05) is 6.54 Å². The summed E-state index contributed by atoms with van der Waals surface area (Å²) in [4.78, 5) is 15.8.